The number of fused-ring (bicyclic) bond motifs is 7. The van der Waals surface area contributed by atoms with Gasteiger partial charge in [0.1, 0.15) is 11.1 Å². The van der Waals surface area contributed by atoms with Crippen LogP contribution in [0.1, 0.15) is 0 Å². The monoisotopic (exact) mass is 537 g/mol. The summed E-state index contributed by atoms with van der Waals surface area (Å²) in [6, 6.07) is 48.9. The van der Waals surface area contributed by atoms with Gasteiger partial charge in [-0.25, -0.2) is 9.97 Å². The minimum absolute atomic E-state index is 0.566. The number of nitrogens with zero attached hydrogens (tertiary/aromatic N) is 3. The van der Waals surface area contributed by atoms with E-state index in [-0.39, 0.29) is 0 Å². The van der Waals surface area contributed by atoms with Gasteiger partial charge in [-0.1, -0.05) is 84.9 Å². The fraction of sp³-hybridized carbons (Fsp3) is 0. The first-order chi connectivity index (χ1) is 20.8. The third-order valence-corrected chi connectivity index (χ3v) is 8.19. The van der Waals surface area contributed by atoms with Gasteiger partial charge < -0.3 is 8.98 Å². The second-order valence-electron chi connectivity index (χ2n) is 10.7. The van der Waals surface area contributed by atoms with E-state index in [1.54, 1.807) is 0 Å². The standard InChI is InChI=1S/C38H23N3O/c1-4-16-34-29(13-1)30-14-2-5-17-35(30)41(34)28-12-8-11-26(22-28)24-9-7-10-25(21-24)27-19-20-32-33(23-27)40-38-37(39-32)31-15-3-6-18-36(31)42-38/h1-23H. The number of hydrogen-bond acceptors (Lipinski definition) is 3. The van der Waals surface area contributed by atoms with E-state index < -0.39 is 0 Å². The molecular weight excluding hydrogens is 514 g/mol. The molecule has 0 amide bonds. The maximum Gasteiger partial charge on any atom is 0.246 e. The molecule has 9 rings (SSSR count). The molecular formula is C38H23N3O. The van der Waals surface area contributed by atoms with E-state index in [1.165, 1.54) is 27.4 Å². The number of para-hydroxylation sites is 3. The number of hydrogen-bond donors (Lipinski definition) is 0. The lowest BCUT2D eigenvalue weighted by molar-refractivity contribution is 0.655. The van der Waals surface area contributed by atoms with Gasteiger partial charge in [-0.2, -0.15) is 0 Å². The number of rotatable bonds is 3. The average Bonchev–Trinajstić information content (AvgIpc) is 3.59. The maximum atomic E-state index is 6.00. The molecule has 0 aliphatic heterocycles. The number of furan rings is 1. The van der Waals surface area contributed by atoms with Gasteiger partial charge in [0.15, 0.2) is 0 Å². The summed E-state index contributed by atoms with van der Waals surface area (Å²) >= 11 is 0. The van der Waals surface area contributed by atoms with Crippen molar-refractivity contribution in [3.05, 3.63) is 140 Å². The van der Waals surface area contributed by atoms with Crippen molar-refractivity contribution in [2.75, 3.05) is 0 Å². The molecule has 0 unspecified atom stereocenters. The van der Waals surface area contributed by atoms with Gasteiger partial charge in [-0.15, -0.1) is 0 Å². The quantitative estimate of drug-likeness (QED) is 0.225. The predicted octanol–water partition coefficient (Wildman–Crippen LogP) is 9.96. The maximum absolute atomic E-state index is 6.00. The van der Waals surface area contributed by atoms with Crippen molar-refractivity contribution in [1.29, 1.82) is 0 Å². The van der Waals surface area contributed by atoms with Crippen LogP contribution >= 0.6 is 0 Å². The summed E-state index contributed by atoms with van der Waals surface area (Å²) in [6.45, 7) is 0. The van der Waals surface area contributed by atoms with E-state index in [2.05, 4.69) is 120 Å². The van der Waals surface area contributed by atoms with Crippen LogP contribution in [0, 0.1) is 0 Å². The normalized spacial score (nSPS) is 11.8. The molecule has 0 bridgehead atoms. The summed E-state index contributed by atoms with van der Waals surface area (Å²) in [5.74, 6) is 0. The molecule has 6 aromatic carbocycles. The Morgan fingerprint density at radius 2 is 1.07 bits per heavy atom. The Labute approximate surface area is 241 Å². The third-order valence-electron chi connectivity index (χ3n) is 8.19. The zero-order valence-electron chi connectivity index (χ0n) is 22.5. The molecule has 0 radical (unpaired) electrons. The first-order valence-corrected chi connectivity index (χ1v) is 14.1. The lowest BCUT2D eigenvalue weighted by atomic mass is 9.98. The van der Waals surface area contributed by atoms with Crippen molar-refractivity contribution in [1.82, 2.24) is 14.5 Å². The van der Waals surface area contributed by atoms with Crippen molar-refractivity contribution < 1.29 is 4.42 Å². The Morgan fingerprint density at radius 3 is 1.83 bits per heavy atom. The SMILES string of the molecule is c1cc(-c2cccc(-n3c4ccccc4c4ccccc43)c2)cc(-c2ccc3nc4c(nc3c2)oc2ccccc24)c1. The molecule has 4 heteroatoms. The zero-order valence-corrected chi connectivity index (χ0v) is 22.5. The van der Waals surface area contributed by atoms with E-state index in [1.807, 2.05) is 24.3 Å². The Kier molecular flexibility index (Phi) is 4.87. The topological polar surface area (TPSA) is 43.9 Å². The zero-order chi connectivity index (χ0) is 27.6. The Morgan fingerprint density at radius 1 is 0.452 bits per heavy atom. The van der Waals surface area contributed by atoms with Crippen LogP contribution in [0.25, 0.3) is 83.0 Å². The van der Waals surface area contributed by atoms with E-state index in [9.17, 15) is 0 Å². The smallest absolute Gasteiger partial charge is 0.246 e. The van der Waals surface area contributed by atoms with Crippen LogP contribution in [0.2, 0.25) is 0 Å². The van der Waals surface area contributed by atoms with E-state index in [0.29, 0.717) is 5.71 Å². The highest BCUT2D eigenvalue weighted by molar-refractivity contribution is 6.09. The molecule has 9 aromatic rings. The van der Waals surface area contributed by atoms with Crippen molar-refractivity contribution in [3.63, 3.8) is 0 Å². The van der Waals surface area contributed by atoms with Crippen molar-refractivity contribution in [2.45, 2.75) is 0 Å². The molecule has 0 spiro atoms. The molecule has 0 aliphatic rings. The van der Waals surface area contributed by atoms with Gasteiger partial charge in [-0.05, 0) is 76.9 Å². The molecule has 3 heterocycles. The fourth-order valence-corrected chi connectivity index (χ4v) is 6.22. The Balaban J connectivity index is 1.14. The molecule has 0 atom stereocenters. The molecule has 0 N–H and O–H groups in total. The molecule has 3 aromatic heterocycles. The summed E-state index contributed by atoms with van der Waals surface area (Å²) in [4.78, 5) is 9.72. The Hall–Kier alpha value is -5.74. The van der Waals surface area contributed by atoms with Crippen molar-refractivity contribution in [3.8, 4) is 27.9 Å². The minimum Gasteiger partial charge on any atom is -0.436 e. The van der Waals surface area contributed by atoms with Crippen molar-refractivity contribution >= 4 is 55.0 Å². The van der Waals surface area contributed by atoms with Crippen LogP contribution in [0.5, 0.6) is 0 Å². The van der Waals surface area contributed by atoms with Gasteiger partial charge in [0.25, 0.3) is 0 Å². The van der Waals surface area contributed by atoms with Gasteiger partial charge in [0.2, 0.25) is 5.71 Å². The fourth-order valence-electron chi connectivity index (χ4n) is 6.22. The molecule has 0 saturated carbocycles. The summed E-state index contributed by atoms with van der Waals surface area (Å²) in [6.07, 6.45) is 0. The third kappa shape index (κ3) is 3.49. The highest BCUT2D eigenvalue weighted by Gasteiger charge is 2.14. The second-order valence-corrected chi connectivity index (χ2v) is 10.7. The van der Waals surface area contributed by atoms with Crippen LogP contribution in [0.3, 0.4) is 0 Å². The lowest BCUT2D eigenvalue weighted by Gasteiger charge is -2.11. The van der Waals surface area contributed by atoms with Crippen LogP contribution in [-0.4, -0.2) is 14.5 Å². The van der Waals surface area contributed by atoms with Crippen molar-refractivity contribution in [2.24, 2.45) is 0 Å². The van der Waals surface area contributed by atoms with Crippen LogP contribution in [0.15, 0.2) is 144 Å². The van der Waals surface area contributed by atoms with Gasteiger partial charge in [-0.3, -0.25) is 0 Å². The molecule has 0 saturated heterocycles. The predicted molar refractivity (Wildman–Crippen MR) is 172 cm³/mol. The van der Waals surface area contributed by atoms with Gasteiger partial charge in [0.05, 0.1) is 22.1 Å². The van der Waals surface area contributed by atoms with Crippen LogP contribution in [-0.2, 0) is 0 Å². The van der Waals surface area contributed by atoms with E-state index in [0.717, 1.165) is 49.9 Å². The van der Waals surface area contributed by atoms with Crippen LogP contribution < -0.4 is 0 Å². The first-order valence-electron chi connectivity index (χ1n) is 14.1. The molecule has 42 heavy (non-hydrogen) atoms. The summed E-state index contributed by atoms with van der Waals surface area (Å²) in [7, 11) is 0. The van der Waals surface area contributed by atoms with Gasteiger partial charge in [0, 0.05) is 21.8 Å². The molecule has 0 fully saturated rings. The molecule has 0 aliphatic carbocycles. The number of aromatic nitrogens is 3. The minimum atomic E-state index is 0.566. The summed E-state index contributed by atoms with van der Waals surface area (Å²) in [5.41, 5.74) is 12.0. The van der Waals surface area contributed by atoms with Gasteiger partial charge >= 0.3 is 0 Å². The van der Waals surface area contributed by atoms with Crippen LogP contribution in [0.4, 0.5) is 0 Å². The van der Waals surface area contributed by atoms with E-state index in [4.69, 9.17) is 14.4 Å². The largest absolute Gasteiger partial charge is 0.436 e. The number of benzene rings is 6. The summed E-state index contributed by atoms with van der Waals surface area (Å²) in [5, 5.41) is 3.52. The average molecular weight is 538 g/mol. The lowest BCUT2D eigenvalue weighted by Crippen LogP contribution is -1.94. The van der Waals surface area contributed by atoms with E-state index >= 15 is 0 Å². The summed E-state index contributed by atoms with van der Waals surface area (Å²) < 4.78 is 8.36. The highest BCUT2D eigenvalue weighted by Crippen LogP contribution is 2.35. The highest BCUT2D eigenvalue weighted by atomic mass is 16.3. The second kappa shape index (κ2) is 8.88. The molecule has 4 nitrogen and oxygen atoms in total. The first kappa shape index (κ1) is 23.0. The molecule has 196 valence electrons. The Bertz CT molecular complexity index is 2430.